The van der Waals surface area contributed by atoms with E-state index in [1.165, 1.54) is 0 Å². The third-order valence-corrected chi connectivity index (χ3v) is 4.12. The number of hydrogen-bond donors (Lipinski definition) is 0. The second kappa shape index (κ2) is 9.29. The predicted molar refractivity (Wildman–Crippen MR) is 105 cm³/mol. The molecule has 0 aliphatic rings. The largest absolute Gasteiger partial charge is 0.497 e. The monoisotopic (exact) mass is 345 g/mol. The summed E-state index contributed by atoms with van der Waals surface area (Å²) < 4.78 is 10.5. The summed E-state index contributed by atoms with van der Waals surface area (Å²) in [5, 5.41) is 10.1. The number of nitriles is 1. The Bertz CT molecular complexity index is 827. The molecule has 0 fully saturated rings. The summed E-state index contributed by atoms with van der Waals surface area (Å²) in [6.45, 7) is 1.93. The maximum absolute atomic E-state index is 10.1. The van der Waals surface area contributed by atoms with Gasteiger partial charge in [0.25, 0.3) is 0 Å². The first-order valence-corrected chi connectivity index (χ1v) is 8.37. The van der Waals surface area contributed by atoms with Gasteiger partial charge in [-0.3, -0.25) is 0 Å². The van der Waals surface area contributed by atoms with Crippen LogP contribution in [0.15, 0.2) is 90.7 Å². The summed E-state index contributed by atoms with van der Waals surface area (Å²) in [5.41, 5.74) is 0.877. The SMILES string of the molecule is C\C=C/C(=C\C=C\C(C#N)(c1ccccc1)c1ccc(OC)cc1)OC. The van der Waals surface area contributed by atoms with Crippen LogP contribution in [-0.4, -0.2) is 14.2 Å². The zero-order chi connectivity index (χ0) is 18.8. The van der Waals surface area contributed by atoms with E-state index < -0.39 is 5.41 Å². The molecule has 0 saturated carbocycles. The van der Waals surface area contributed by atoms with Gasteiger partial charge in [-0.1, -0.05) is 60.7 Å². The highest BCUT2D eigenvalue weighted by atomic mass is 16.5. The van der Waals surface area contributed by atoms with E-state index in [-0.39, 0.29) is 0 Å². The number of benzene rings is 2. The van der Waals surface area contributed by atoms with E-state index in [0.717, 1.165) is 22.6 Å². The van der Waals surface area contributed by atoms with Crippen LogP contribution in [-0.2, 0) is 10.2 Å². The van der Waals surface area contributed by atoms with Crippen molar-refractivity contribution in [3.05, 3.63) is 102 Å². The van der Waals surface area contributed by atoms with E-state index in [1.807, 2.05) is 91.9 Å². The maximum Gasteiger partial charge on any atom is 0.126 e. The Morgan fingerprint density at radius 1 is 1.00 bits per heavy atom. The molecule has 2 aromatic carbocycles. The minimum atomic E-state index is -0.904. The van der Waals surface area contributed by atoms with Crippen LogP contribution in [0.2, 0.25) is 0 Å². The lowest BCUT2D eigenvalue weighted by molar-refractivity contribution is 0.307. The van der Waals surface area contributed by atoms with Crippen LogP contribution in [0.4, 0.5) is 0 Å². The molecule has 0 aromatic heterocycles. The van der Waals surface area contributed by atoms with E-state index in [1.54, 1.807) is 14.2 Å². The van der Waals surface area contributed by atoms with Gasteiger partial charge in [0.05, 0.1) is 20.3 Å². The van der Waals surface area contributed by atoms with Crippen molar-refractivity contribution >= 4 is 0 Å². The summed E-state index contributed by atoms with van der Waals surface area (Å²) in [6, 6.07) is 19.8. The Morgan fingerprint density at radius 3 is 2.19 bits per heavy atom. The smallest absolute Gasteiger partial charge is 0.126 e. The molecule has 0 aliphatic carbocycles. The normalized spacial score (nSPS) is 14.2. The van der Waals surface area contributed by atoms with Crippen LogP contribution in [0.5, 0.6) is 5.75 Å². The summed E-state index contributed by atoms with van der Waals surface area (Å²) in [7, 11) is 3.25. The average molecular weight is 345 g/mol. The molecule has 0 bridgehead atoms. The average Bonchev–Trinajstić information content (AvgIpc) is 2.71. The highest BCUT2D eigenvalue weighted by Crippen LogP contribution is 2.34. The molecule has 0 radical (unpaired) electrons. The summed E-state index contributed by atoms with van der Waals surface area (Å²) in [4.78, 5) is 0. The minimum Gasteiger partial charge on any atom is -0.497 e. The van der Waals surface area contributed by atoms with Crippen molar-refractivity contribution < 1.29 is 9.47 Å². The molecule has 0 spiro atoms. The van der Waals surface area contributed by atoms with Gasteiger partial charge >= 0.3 is 0 Å². The minimum absolute atomic E-state index is 0.721. The van der Waals surface area contributed by atoms with Crippen molar-refractivity contribution in [1.29, 1.82) is 5.26 Å². The van der Waals surface area contributed by atoms with Crippen LogP contribution >= 0.6 is 0 Å². The molecule has 26 heavy (non-hydrogen) atoms. The first-order chi connectivity index (χ1) is 12.7. The van der Waals surface area contributed by atoms with Crippen molar-refractivity contribution in [2.24, 2.45) is 0 Å². The summed E-state index contributed by atoms with van der Waals surface area (Å²) in [5.74, 6) is 1.48. The van der Waals surface area contributed by atoms with E-state index in [9.17, 15) is 5.26 Å². The number of rotatable bonds is 7. The molecule has 2 aromatic rings. The fourth-order valence-electron chi connectivity index (χ4n) is 2.72. The molecule has 0 amide bonds. The van der Waals surface area contributed by atoms with Crippen molar-refractivity contribution in [2.45, 2.75) is 12.3 Å². The van der Waals surface area contributed by atoms with Gasteiger partial charge in [0.15, 0.2) is 0 Å². The zero-order valence-electron chi connectivity index (χ0n) is 15.3. The second-order valence-corrected chi connectivity index (χ2v) is 5.65. The van der Waals surface area contributed by atoms with Gasteiger partial charge in [0.2, 0.25) is 0 Å². The zero-order valence-corrected chi connectivity index (χ0v) is 15.3. The van der Waals surface area contributed by atoms with Gasteiger partial charge < -0.3 is 9.47 Å². The lowest BCUT2D eigenvalue weighted by atomic mass is 9.75. The number of hydrogen-bond acceptors (Lipinski definition) is 3. The van der Waals surface area contributed by atoms with Gasteiger partial charge in [-0.25, -0.2) is 0 Å². The van der Waals surface area contributed by atoms with Crippen LogP contribution in [0, 0.1) is 11.3 Å². The number of allylic oxidation sites excluding steroid dienone is 5. The highest BCUT2D eigenvalue weighted by molar-refractivity contribution is 5.52. The second-order valence-electron chi connectivity index (χ2n) is 5.65. The molecular weight excluding hydrogens is 322 g/mol. The topological polar surface area (TPSA) is 42.2 Å². The van der Waals surface area contributed by atoms with Gasteiger partial charge in [-0.2, -0.15) is 5.26 Å². The molecule has 0 N–H and O–H groups in total. The Morgan fingerprint density at radius 2 is 1.65 bits per heavy atom. The Balaban J connectivity index is 2.56. The molecule has 1 unspecified atom stereocenters. The van der Waals surface area contributed by atoms with E-state index in [4.69, 9.17) is 9.47 Å². The molecule has 0 heterocycles. The highest BCUT2D eigenvalue weighted by Gasteiger charge is 2.31. The van der Waals surface area contributed by atoms with E-state index in [2.05, 4.69) is 6.07 Å². The maximum atomic E-state index is 10.1. The van der Waals surface area contributed by atoms with Crippen LogP contribution in [0.25, 0.3) is 0 Å². The van der Waals surface area contributed by atoms with Crippen molar-refractivity contribution in [3.63, 3.8) is 0 Å². The molecule has 1 atom stereocenters. The van der Waals surface area contributed by atoms with Crippen molar-refractivity contribution in [3.8, 4) is 11.8 Å². The summed E-state index contributed by atoms with van der Waals surface area (Å²) in [6.07, 6.45) is 9.38. The Kier molecular flexibility index (Phi) is 6.82. The molecule has 3 nitrogen and oxygen atoms in total. The Hall–Kier alpha value is -3.25. The molecular formula is C23H23NO2. The lowest BCUT2D eigenvalue weighted by Crippen LogP contribution is -2.23. The number of nitrogens with zero attached hydrogens (tertiary/aromatic N) is 1. The third kappa shape index (κ3) is 4.23. The first-order valence-electron chi connectivity index (χ1n) is 8.37. The van der Waals surface area contributed by atoms with E-state index in [0.29, 0.717) is 0 Å². The van der Waals surface area contributed by atoms with Crippen LogP contribution in [0.1, 0.15) is 18.1 Å². The standard InChI is InChI=1S/C23H23NO2/c1-4-9-21(25-2)12-8-17-23(18-24,19-10-6-5-7-11-19)20-13-15-22(26-3)16-14-20/h4-17H,1-3H3/b9-4-,17-8+,21-12+. The van der Waals surface area contributed by atoms with Crippen LogP contribution in [0.3, 0.4) is 0 Å². The molecule has 132 valence electrons. The lowest BCUT2D eigenvalue weighted by Gasteiger charge is -2.24. The van der Waals surface area contributed by atoms with Gasteiger partial charge in [-0.15, -0.1) is 0 Å². The first kappa shape index (κ1) is 19.1. The third-order valence-electron chi connectivity index (χ3n) is 4.12. The summed E-state index contributed by atoms with van der Waals surface area (Å²) >= 11 is 0. The van der Waals surface area contributed by atoms with Gasteiger partial charge in [0, 0.05) is 0 Å². The van der Waals surface area contributed by atoms with Crippen molar-refractivity contribution in [2.75, 3.05) is 14.2 Å². The molecule has 3 heteroatoms. The molecule has 2 rings (SSSR count). The van der Waals surface area contributed by atoms with Gasteiger partial charge in [-0.05, 0) is 42.3 Å². The number of methoxy groups -OCH3 is 2. The Labute approximate surface area is 155 Å². The molecule has 0 aliphatic heterocycles. The predicted octanol–water partition coefficient (Wildman–Crippen LogP) is 5.17. The fourth-order valence-corrected chi connectivity index (χ4v) is 2.72. The van der Waals surface area contributed by atoms with Gasteiger partial charge in [0.1, 0.15) is 16.9 Å². The fraction of sp³-hybridized carbons (Fsp3) is 0.174. The van der Waals surface area contributed by atoms with Crippen molar-refractivity contribution in [1.82, 2.24) is 0 Å². The number of ether oxygens (including phenoxy) is 2. The van der Waals surface area contributed by atoms with E-state index >= 15 is 0 Å². The van der Waals surface area contributed by atoms with Crippen LogP contribution < -0.4 is 4.74 Å². The molecule has 0 saturated heterocycles. The quantitative estimate of drug-likeness (QED) is 0.514.